The maximum absolute atomic E-state index is 5.60. The molecule has 1 N–H and O–H groups in total. The summed E-state index contributed by atoms with van der Waals surface area (Å²) in [6, 6.07) is 4.09. The highest BCUT2D eigenvalue weighted by Crippen LogP contribution is 2.34. The SMILES string of the molecule is CNCc1cc(Br)c(OCCOC)c(Br)c1. The van der Waals surface area contributed by atoms with E-state index < -0.39 is 0 Å². The average molecular weight is 353 g/mol. The molecular weight excluding hydrogens is 338 g/mol. The molecule has 0 aromatic heterocycles. The first kappa shape index (κ1) is 14.0. The van der Waals surface area contributed by atoms with Gasteiger partial charge in [-0.15, -0.1) is 0 Å². The number of rotatable bonds is 6. The molecule has 0 aliphatic rings. The lowest BCUT2D eigenvalue weighted by Crippen LogP contribution is -2.07. The molecule has 0 radical (unpaired) electrons. The van der Waals surface area contributed by atoms with Crippen molar-refractivity contribution < 1.29 is 9.47 Å². The van der Waals surface area contributed by atoms with Gasteiger partial charge >= 0.3 is 0 Å². The Bertz CT molecular complexity index is 322. The second-order valence-corrected chi connectivity index (χ2v) is 4.97. The van der Waals surface area contributed by atoms with Crippen LogP contribution in [0.4, 0.5) is 0 Å². The Balaban J connectivity index is 2.77. The minimum Gasteiger partial charge on any atom is -0.489 e. The van der Waals surface area contributed by atoms with E-state index in [0.29, 0.717) is 13.2 Å². The first-order valence-corrected chi connectivity index (χ1v) is 6.52. The van der Waals surface area contributed by atoms with Crippen LogP contribution in [0.1, 0.15) is 5.56 Å². The molecule has 0 aliphatic heterocycles. The van der Waals surface area contributed by atoms with Crippen LogP contribution in [-0.2, 0) is 11.3 Å². The van der Waals surface area contributed by atoms with Crippen molar-refractivity contribution in [2.45, 2.75) is 6.54 Å². The molecule has 0 atom stereocenters. The van der Waals surface area contributed by atoms with E-state index in [0.717, 1.165) is 21.2 Å². The van der Waals surface area contributed by atoms with E-state index >= 15 is 0 Å². The van der Waals surface area contributed by atoms with Crippen LogP contribution in [0.2, 0.25) is 0 Å². The van der Waals surface area contributed by atoms with Crippen molar-refractivity contribution in [2.24, 2.45) is 0 Å². The molecule has 1 rings (SSSR count). The lowest BCUT2D eigenvalue weighted by molar-refractivity contribution is 0.145. The Kier molecular flexibility index (Phi) is 6.34. The fourth-order valence-corrected chi connectivity index (χ4v) is 2.79. The second kappa shape index (κ2) is 7.27. The smallest absolute Gasteiger partial charge is 0.147 e. The molecule has 1 aromatic rings. The predicted molar refractivity (Wildman–Crippen MR) is 72.0 cm³/mol. The van der Waals surface area contributed by atoms with Crippen LogP contribution in [0.25, 0.3) is 0 Å². The van der Waals surface area contributed by atoms with Crippen LogP contribution in [0.15, 0.2) is 21.1 Å². The molecule has 0 saturated carbocycles. The highest BCUT2D eigenvalue weighted by atomic mass is 79.9. The molecule has 0 fully saturated rings. The summed E-state index contributed by atoms with van der Waals surface area (Å²) in [6.07, 6.45) is 0. The van der Waals surface area contributed by atoms with Gasteiger partial charge in [0.1, 0.15) is 12.4 Å². The normalized spacial score (nSPS) is 10.5. The number of hydrogen-bond donors (Lipinski definition) is 1. The Hall–Kier alpha value is -0.100. The summed E-state index contributed by atoms with van der Waals surface area (Å²) in [5, 5.41) is 3.11. The van der Waals surface area contributed by atoms with Crippen molar-refractivity contribution in [3.8, 4) is 5.75 Å². The third-order valence-electron chi connectivity index (χ3n) is 1.97. The van der Waals surface area contributed by atoms with Crippen LogP contribution in [-0.4, -0.2) is 27.4 Å². The molecule has 0 amide bonds. The van der Waals surface area contributed by atoms with Gasteiger partial charge in [0.15, 0.2) is 0 Å². The highest BCUT2D eigenvalue weighted by molar-refractivity contribution is 9.11. The standard InChI is InChI=1S/C11H15Br2NO2/c1-14-7-8-5-9(12)11(10(13)6-8)16-4-3-15-2/h5-6,14H,3-4,7H2,1-2H3. The summed E-state index contributed by atoms with van der Waals surface area (Å²) < 4.78 is 12.4. The summed E-state index contributed by atoms with van der Waals surface area (Å²) in [4.78, 5) is 0. The molecular formula is C11H15Br2NO2. The van der Waals surface area contributed by atoms with Gasteiger partial charge in [0.05, 0.1) is 15.6 Å². The molecule has 16 heavy (non-hydrogen) atoms. The molecule has 5 heteroatoms. The van der Waals surface area contributed by atoms with Crippen LogP contribution in [0.5, 0.6) is 5.75 Å². The van der Waals surface area contributed by atoms with E-state index in [1.165, 1.54) is 5.56 Å². The zero-order valence-electron chi connectivity index (χ0n) is 9.35. The molecule has 90 valence electrons. The zero-order valence-corrected chi connectivity index (χ0v) is 12.5. The van der Waals surface area contributed by atoms with Crippen molar-refractivity contribution in [3.63, 3.8) is 0 Å². The first-order chi connectivity index (χ1) is 7.69. The maximum Gasteiger partial charge on any atom is 0.147 e. The van der Waals surface area contributed by atoms with Crippen molar-refractivity contribution in [3.05, 3.63) is 26.6 Å². The summed E-state index contributed by atoms with van der Waals surface area (Å²) in [5.74, 6) is 0.817. The van der Waals surface area contributed by atoms with E-state index in [9.17, 15) is 0 Å². The largest absolute Gasteiger partial charge is 0.489 e. The predicted octanol–water partition coefficient (Wildman–Crippen LogP) is 2.96. The van der Waals surface area contributed by atoms with Gasteiger partial charge in [0, 0.05) is 13.7 Å². The van der Waals surface area contributed by atoms with Crippen molar-refractivity contribution in [1.82, 2.24) is 5.32 Å². The molecule has 1 aromatic carbocycles. The van der Waals surface area contributed by atoms with Gasteiger partial charge in [0.2, 0.25) is 0 Å². The second-order valence-electron chi connectivity index (χ2n) is 3.26. The quantitative estimate of drug-likeness (QED) is 0.798. The van der Waals surface area contributed by atoms with Crippen LogP contribution in [0, 0.1) is 0 Å². The Morgan fingerprint density at radius 1 is 1.19 bits per heavy atom. The summed E-state index contributed by atoms with van der Waals surface area (Å²) in [5.41, 5.74) is 1.19. The number of halogens is 2. The van der Waals surface area contributed by atoms with Gasteiger partial charge < -0.3 is 14.8 Å². The molecule has 0 heterocycles. The average Bonchev–Trinajstić information content (AvgIpc) is 2.23. The third kappa shape index (κ3) is 4.05. The number of methoxy groups -OCH3 is 1. The molecule has 0 unspecified atom stereocenters. The highest BCUT2D eigenvalue weighted by Gasteiger charge is 2.08. The monoisotopic (exact) mass is 351 g/mol. The van der Waals surface area contributed by atoms with E-state index in [1.54, 1.807) is 7.11 Å². The molecule has 3 nitrogen and oxygen atoms in total. The van der Waals surface area contributed by atoms with Crippen LogP contribution < -0.4 is 10.1 Å². The molecule has 0 bridgehead atoms. The zero-order chi connectivity index (χ0) is 12.0. The number of hydrogen-bond acceptors (Lipinski definition) is 3. The first-order valence-electron chi connectivity index (χ1n) is 4.93. The van der Waals surface area contributed by atoms with Crippen molar-refractivity contribution in [2.75, 3.05) is 27.4 Å². The van der Waals surface area contributed by atoms with Crippen molar-refractivity contribution >= 4 is 31.9 Å². The van der Waals surface area contributed by atoms with E-state index in [2.05, 4.69) is 37.2 Å². The van der Waals surface area contributed by atoms with Gasteiger partial charge in [-0.3, -0.25) is 0 Å². The lowest BCUT2D eigenvalue weighted by Gasteiger charge is -2.11. The number of ether oxygens (including phenoxy) is 2. The van der Waals surface area contributed by atoms with Gasteiger partial charge in [0.25, 0.3) is 0 Å². The third-order valence-corrected chi connectivity index (χ3v) is 3.15. The summed E-state index contributed by atoms with van der Waals surface area (Å²) in [7, 11) is 3.58. The van der Waals surface area contributed by atoms with E-state index in [-0.39, 0.29) is 0 Å². The Morgan fingerprint density at radius 2 is 1.81 bits per heavy atom. The number of benzene rings is 1. The van der Waals surface area contributed by atoms with Gasteiger partial charge in [-0.1, -0.05) is 0 Å². The van der Waals surface area contributed by atoms with Crippen molar-refractivity contribution in [1.29, 1.82) is 0 Å². The summed E-state index contributed by atoms with van der Waals surface area (Å²) in [6.45, 7) is 1.95. The Labute approximate surface area is 113 Å². The maximum atomic E-state index is 5.60. The molecule has 0 aliphatic carbocycles. The minimum atomic E-state index is 0.541. The van der Waals surface area contributed by atoms with E-state index in [4.69, 9.17) is 9.47 Å². The lowest BCUT2D eigenvalue weighted by atomic mass is 10.2. The fourth-order valence-electron chi connectivity index (χ4n) is 1.28. The van der Waals surface area contributed by atoms with Crippen LogP contribution in [0.3, 0.4) is 0 Å². The van der Waals surface area contributed by atoms with Crippen LogP contribution >= 0.6 is 31.9 Å². The van der Waals surface area contributed by atoms with Gasteiger partial charge in [-0.25, -0.2) is 0 Å². The minimum absolute atomic E-state index is 0.541. The molecule has 0 saturated heterocycles. The van der Waals surface area contributed by atoms with Gasteiger partial charge in [-0.05, 0) is 56.6 Å². The fraction of sp³-hybridized carbons (Fsp3) is 0.455. The molecule has 0 spiro atoms. The van der Waals surface area contributed by atoms with Gasteiger partial charge in [-0.2, -0.15) is 0 Å². The number of nitrogens with one attached hydrogen (secondary N) is 1. The Morgan fingerprint density at radius 3 is 2.31 bits per heavy atom. The topological polar surface area (TPSA) is 30.5 Å². The van der Waals surface area contributed by atoms with E-state index in [1.807, 2.05) is 19.2 Å². The summed E-state index contributed by atoms with van der Waals surface area (Å²) >= 11 is 6.99.